The minimum Gasteiger partial charge on any atom is -0.447 e. The van der Waals surface area contributed by atoms with Crippen LogP contribution in [0.25, 0.3) is 0 Å². The number of amides is 1. The smallest absolute Gasteiger partial charge is 0.404 e. The second kappa shape index (κ2) is 6.64. The standard InChI is InChI=1S/C7H16N2O4/c1-9(2-3-10)4-6(11)5-13-7(8)12/h6,10-11H,2-5H2,1H3,(H2,8,12). The largest absolute Gasteiger partial charge is 0.447 e. The fourth-order valence-corrected chi connectivity index (χ4v) is 0.853. The van der Waals surface area contributed by atoms with Crippen LogP contribution in [0.1, 0.15) is 0 Å². The first-order valence-corrected chi connectivity index (χ1v) is 3.96. The molecule has 0 saturated heterocycles. The Bertz CT molecular complexity index is 153. The molecule has 0 aromatic carbocycles. The highest BCUT2D eigenvalue weighted by Crippen LogP contribution is 1.90. The van der Waals surface area contributed by atoms with Gasteiger partial charge in [0.15, 0.2) is 0 Å². The molecule has 6 nitrogen and oxygen atoms in total. The van der Waals surface area contributed by atoms with Gasteiger partial charge < -0.3 is 25.6 Å². The Kier molecular flexibility index (Phi) is 6.21. The van der Waals surface area contributed by atoms with Gasteiger partial charge in [-0.15, -0.1) is 0 Å². The number of primary amides is 1. The van der Waals surface area contributed by atoms with Crippen LogP contribution >= 0.6 is 0 Å². The van der Waals surface area contributed by atoms with Crippen LogP contribution in [-0.4, -0.2) is 60.7 Å². The summed E-state index contributed by atoms with van der Waals surface area (Å²) in [5.41, 5.74) is 4.70. The van der Waals surface area contributed by atoms with Crippen molar-refractivity contribution in [1.82, 2.24) is 4.90 Å². The number of rotatable bonds is 6. The predicted octanol–water partition coefficient (Wildman–Crippen LogP) is -1.63. The summed E-state index contributed by atoms with van der Waals surface area (Å²) in [6.45, 7) is 0.701. The quantitative estimate of drug-likeness (QED) is 0.469. The Hall–Kier alpha value is -0.850. The van der Waals surface area contributed by atoms with Crippen molar-refractivity contribution in [2.45, 2.75) is 6.10 Å². The summed E-state index contributed by atoms with van der Waals surface area (Å²) in [6.07, 6.45) is -1.67. The van der Waals surface area contributed by atoms with Crippen molar-refractivity contribution >= 4 is 6.09 Å². The number of carbonyl (C=O) groups is 1. The van der Waals surface area contributed by atoms with E-state index in [-0.39, 0.29) is 13.2 Å². The maximum Gasteiger partial charge on any atom is 0.404 e. The van der Waals surface area contributed by atoms with Gasteiger partial charge in [0, 0.05) is 13.1 Å². The molecule has 4 N–H and O–H groups in total. The molecule has 1 atom stereocenters. The third-order valence-electron chi connectivity index (χ3n) is 1.42. The molecule has 0 saturated carbocycles. The van der Waals surface area contributed by atoms with Crippen molar-refractivity contribution in [3.05, 3.63) is 0 Å². The summed E-state index contributed by atoms with van der Waals surface area (Å²) in [4.78, 5) is 11.9. The molecule has 13 heavy (non-hydrogen) atoms. The van der Waals surface area contributed by atoms with Gasteiger partial charge in [-0.3, -0.25) is 0 Å². The Balaban J connectivity index is 3.48. The molecule has 78 valence electrons. The van der Waals surface area contributed by atoms with E-state index in [4.69, 9.17) is 10.8 Å². The monoisotopic (exact) mass is 192 g/mol. The van der Waals surface area contributed by atoms with E-state index in [9.17, 15) is 9.90 Å². The molecule has 1 unspecified atom stereocenters. The first kappa shape index (κ1) is 12.2. The van der Waals surface area contributed by atoms with Crippen molar-refractivity contribution in [1.29, 1.82) is 0 Å². The van der Waals surface area contributed by atoms with Gasteiger partial charge in [0.05, 0.1) is 6.61 Å². The van der Waals surface area contributed by atoms with Crippen LogP contribution in [0, 0.1) is 0 Å². The van der Waals surface area contributed by atoms with Crippen LogP contribution in [0.15, 0.2) is 0 Å². The number of carbonyl (C=O) groups excluding carboxylic acids is 1. The molecule has 0 aliphatic carbocycles. The first-order chi connectivity index (χ1) is 6.06. The highest BCUT2D eigenvalue weighted by Gasteiger charge is 2.09. The molecule has 0 aromatic heterocycles. The molecule has 6 heteroatoms. The highest BCUT2D eigenvalue weighted by molar-refractivity contribution is 5.64. The van der Waals surface area contributed by atoms with Crippen molar-refractivity contribution in [2.75, 3.05) is 33.4 Å². The normalized spacial score (nSPS) is 12.9. The molecule has 1 amide bonds. The number of ether oxygens (including phenoxy) is 1. The van der Waals surface area contributed by atoms with E-state index < -0.39 is 12.2 Å². The van der Waals surface area contributed by atoms with Crippen molar-refractivity contribution in [3.8, 4) is 0 Å². The number of aliphatic hydroxyl groups excluding tert-OH is 2. The van der Waals surface area contributed by atoms with E-state index in [2.05, 4.69) is 4.74 Å². The SMILES string of the molecule is CN(CCO)CC(O)COC(N)=O. The van der Waals surface area contributed by atoms with Crippen molar-refractivity contribution in [3.63, 3.8) is 0 Å². The lowest BCUT2D eigenvalue weighted by Gasteiger charge is -2.18. The zero-order valence-electron chi connectivity index (χ0n) is 7.64. The van der Waals surface area contributed by atoms with E-state index in [1.807, 2.05) is 0 Å². The second-order valence-corrected chi connectivity index (χ2v) is 2.77. The summed E-state index contributed by atoms with van der Waals surface area (Å²) in [5, 5.41) is 17.8. The van der Waals surface area contributed by atoms with Gasteiger partial charge in [0.2, 0.25) is 0 Å². The van der Waals surface area contributed by atoms with Gasteiger partial charge in [0.25, 0.3) is 0 Å². The van der Waals surface area contributed by atoms with Gasteiger partial charge in [0.1, 0.15) is 12.7 Å². The Morgan fingerprint density at radius 2 is 2.31 bits per heavy atom. The van der Waals surface area contributed by atoms with E-state index in [0.29, 0.717) is 13.1 Å². The van der Waals surface area contributed by atoms with E-state index in [0.717, 1.165) is 0 Å². The molecule has 0 heterocycles. The third kappa shape index (κ3) is 7.51. The Morgan fingerprint density at radius 1 is 1.69 bits per heavy atom. The summed E-state index contributed by atoms with van der Waals surface area (Å²) < 4.78 is 4.38. The van der Waals surface area contributed by atoms with Crippen LogP contribution in [-0.2, 0) is 4.74 Å². The minimum atomic E-state index is -0.899. The lowest BCUT2D eigenvalue weighted by atomic mass is 10.3. The average molecular weight is 192 g/mol. The molecule has 0 aromatic rings. The Morgan fingerprint density at radius 3 is 2.77 bits per heavy atom. The Labute approximate surface area is 76.9 Å². The third-order valence-corrected chi connectivity index (χ3v) is 1.42. The van der Waals surface area contributed by atoms with Gasteiger partial charge in [-0.25, -0.2) is 4.79 Å². The lowest BCUT2D eigenvalue weighted by molar-refractivity contribution is 0.0491. The lowest BCUT2D eigenvalue weighted by Crippen LogP contribution is -2.35. The molecular weight excluding hydrogens is 176 g/mol. The zero-order chi connectivity index (χ0) is 10.3. The van der Waals surface area contributed by atoms with Crippen molar-refractivity contribution < 1.29 is 19.7 Å². The van der Waals surface area contributed by atoms with Crippen molar-refractivity contribution in [2.24, 2.45) is 5.73 Å². The maximum atomic E-state index is 10.2. The van der Waals surface area contributed by atoms with Crippen LogP contribution < -0.4 is 5.73 Å². The number of aliphatic hydroxyl groups is 2. The highest BCUT2D eigenvalue weighted by atomic mass is 16.6. The van der Waals surface area contributed by atoms with Crippen LogP contribution in [0.5, 0.6) is 0 Å². The summed E-state index contributed by atoms with van der Waals surface area (Å²) in [7, 11) is 1.74. The number of nitrogens with zero attached hydrogens (tertiary/aromatic N) is 1. The van der Waals surface area contributed by atoms with Gasteiger partial charge in [-0.05, 0) is 7.05 Å². The maximum absolute atomic E-state index is 10.2. The molecule has 0 spiro atoms. The zero-order valence-corrected chi connectivity index (χ0v) is 7.64. The summed E-state index contributed by atoms with van der Waals surface area (Å²) in [5.74, 6) is 0. The molecule has 0 fully saturated rings. The van der Waals surface area contributed by atoms with Gasteiger partial charge >= 0.3 is 6.09 Å². The average Bonchev–Trinajstić information content (AvgIpc) is 2.01. The first-order valence-electron chi connectivity index (χ1n) is 3.96. The van der Waals surface area contributed by atoms with E-state index >= 15 is 0 Å². The molecule has 0 radical (unpaired) electrons. The fourth-order valence-electron chi connectivity index (χ4n) is 0.853. The number of hydrogen-bond acceptors (Lipinski definition) is 5. The number of hydrogen-bond donors (Lipinski definition) is 3. The van der Waals surface area contributed by atoms with Crippen LogP contribution in [0.3, 0.4) is 0 Å². The molecule has 0 bridgehead atoms. The number of nitrogens with two attached hydrogens (primary N) is 1. The van der Waals surface area contributed by atoms with E-state index in [1.54, 1.807) is 11.9 Å². The van der Waals surface area contributed by atoms with E-state index in [1.165, 1.54) is 0 Å². The van der Waals surface area contributed by atoms with Gasteiger partial charge in [-0.2, -0.15) is 0 Å². The minimum absolute atomic E-state index is 0.0277. The molecule has 0 aliphatic rings. The predicted molar refractivity (Wildman–Crippen MR) is 46.1 cm³/mol. The molecular formula is C7H16N2O4. The molecule has 0 aliphatic heterocycles. The van der Waals surface area contributed by atoms with Gasteiger partial charge in [-0.1, -0.05) is 0 Å². The van der Waals surface area contributed by atoms with Crippen LogP contribution in [0.4, 0.5) is 4.79 Å². The molecule has 0 rings (SSSR count). The van der Waals surface area contributed by atoms with Crippen LogP contribution in [0.2, 0.25) is 0 Å². The summed E-state index contributed by atoms with van der Waals surface area (Å²) in [6, 6.07) is 0. The second-order valence-electron chi connectivity index (χ2n) is 2.77. The summed E-state index contributed by atoms with van der Waals surface area (Å²) >= 11 is 0. The number of likely N-dealkylation sites (N-methyl/N-ethyl adjacent to an activating group) is 1. The topological polar surface area (TPSA) is 96.0 Å². The fraction of sp³-hybridized carbons (Fsp3) is 0.857.